The van der Waals surface area contributed by atoms with Crippen molar-refractivity contribution in [1.29, 1.82) is 0 Å². The van der Waals surface area contributed by atoms with Crippen molar-refractivity contribution in [2.24, 2.45) is 0 Å². The van der Waals surface area contributed by atoms with Crippen LogP contribution in [0.4, 0.5) is 5.13 Å². The molecule has 0 aromatic carbocycles. The van der Waals surface area contributed by atoms with Crippen LogP contribution in [0.5, 0.6) is 0 Å². The van der Waals surface area contributed by atoms with Gasteiger partial charge in [-0.1, -0.05) is 0 Å². The van der Waals surface area contributed by atoms with Gasteiger partial charge in [0.2, 0.25) is 10.0 Å². The average molecular weight is 309 g/mol. The number of anilines is 1. The highest BCUT2D eigenvalue weighted by atomic mass is 35.5. The van der Waals surface area contributed by atoms with Crippen molar-refractivity contribution in [2.75, 3.05) is 16.4 Å². The molecule has 0 aliphatic heterocycles. The van der Waals surface area contributed by atoms with E-state index in [1.54, 1.807) is 0 Å². The fraction of sp³-hybridized carbons (Fsp3) is 0.727. The van der Waals surface area contributed by atoms with E-state index in [4.69, 9.17) is 11.6 Å². The van der Waals surface area contributed by atoms with Gasteiger partial charge in [0.05, 0.1) is 11.4 Å². The lowest BCUT2D eigenvalue weighted by molar-refractivity contribution is 0.598. The van der Waals surface area contributed by atoms with Crippen LogP contribution in [-0.2, 0) is 22.9 Å². The van der Waals surface area contributed by atoms with Crippen LogP contribution in [0.25, 0.3) is 0 Å². The topological polar surface area (TPSA) is 59.1 Å². The summed E-state index contributed by atoms with van der Waals surface area (Å²) in [5.74, 6) is 0.616. The molecular formula is C11H17ClN2O2S2. The first kappa shape index (κ1) is 14.1. The third-order valence-electron chi connectivity index (χ3n) is 2.89. The minimum Gasteiger partial charge on any atom is -0.259 e. The number of rotatable bonds is 6. The number of alkyl halides is 1. The maximum absolute atomic E-state index is 11.8. The van der Waals surface area contributed by atoms with Gasteiger partial charge in [0, 0.05) is 10.8 Å². The minimum atomic E-state index is -3.27. The molecule has 1 aliphatic carbocycles. The summed E-state index contributed by atoms with van der Waals surface area (Å²) >= 11 is 7.01. The van der Waals surface area contributed by atoms with Crippen LogP contribution >= 0.6 is 22.9 Å². The quantitative estimate of drug-likeness (QED) is 0.649. The molecule has 0 fully saturated rings. The monoisotopic (exact) mass is 308 g/mol. The molecule has 0 saturated carbocycles. The Labute approximate surface area is 117 Å². The van der Waals surface area contributed by atoms with E-state index in [-0.39, 0.29) is 5.75 Å². The molecule has 1 aromatic rings. The SMILES string of the molecule is O=S(=O)(CCCCCl)Nc1nc2c(s1)CCCC2. The summed E-state index contributed by atoms with van der Waals surface area (Å²) in [6.45, 7) is 0. The highest BCUT2D eigenvalue weighted by Gasteiger charge is 2.18. The molecule has 1 aliphatic rings. The van der Waals surface area contributed by atoms with Crippen LogP contribution in [-0.4, -0.2) is 25.0 Å². The number of sulfonamides is 1. The van der Waals surface area contributed by atoms with Crippen LogP contribution in [0, 0.1) is 0 Å². The Hall–Kier alpha value is -0.330. The summed E-state index contributed by atoms with van der Waals surface area (Å²) in [7, 11) is -3.27. The molecule has 0 saturated heterocycles. The van der Waals surface area contributed by atoms with Crippen molar-refractivity contribution in [3.63, 3.8) is 0 Å². The molecular weight excluding hydrogens is 292 g/mol. The Bertz CT molecular complexity index is 476. The number of aryl methyl sites for hydroxylation is 2. The van der Waals surface area contributed by atoms with Crippen LogP contribution in [0.15, 0.2) is 0 Å². The van der Waals surface area contributed by atoms with Gasteiger partial charge in [-0.15, -0.1) is 22.9 Å². The fourth-order valence-electron chi connectivity index (χ4n) is 1.97. The fourth-order valence-corrected chi connectivity index (χ4v) is 4.60. The summed E-state index contributed by atoms with van der Waals surface area (Å²) in [6, 6.07) is 0. The third-order valence-corrected chi connectivity index (χ3v) is 5.68. The molecule has 7 heteroatoms. The molecule has 1 heterocycles. The molecule has 2 rings (SSSR count). The lowest BCUT2D eigenvalue weighted by atomic mass is 10.0. The van der Waals surface area contributed by atoms with E-state index < -0.39 is 10.0 Å². The van der Waals surface area contributed by atoms with Crippen molar-refractivity contribution >= 4 is 38.1 Å². The molecule has 4 nitrogen and oxygen atoms in total. The number of hydrogen-bond acceptors (Lipinski definition) is 4. The van der Waals surface area contributed by atoms with Gasteiger partial charge in [0.25, 0.3) is 0 Å². The second-order valence-corrected chi connectivity index (χ2v) is 7.72. The zero-order valence-corrected chi connectivity index (χ0v) is 12.5. The van der Waals surface area contributed by atoms with E-state index in [0.29, 0.717) is 17.4 Å². The standard InChI is InChI=1S/C11H17ClN2O2S2/c12-7-3-4-8-18(15,16)14-11-13-9-5-1-2-6-10(9)17-11/h1-8H2,(H,13,14). The zero-order valence-electron chi connectivity index (χ0n) is 10.1. The number of fused-ring (bicyclic) bond motifs is 1. The number of unbranched alkanes of at least 4 members (excludes halogenated alkanes) is 1. The Morgan fingerprint density at radius 3 is 2.78 bits per heavy atom. The van der Waals surface area contributed by atoms with Gasteiger partial charge in [0.15, 0.2) is 5.13 Å². The molecule has 0 amide bonds. The molecule has 0 atom stereocenters. The number of thiazole rings is 1. The van der Waals surface area contributed by atoms with E-state index >= 15 is 0 Å². The maximum Gasteiger partial charge on any atom is 0.234 e. The second-order valence-electron chi connectivity index (χ2n) is 4.41. The smallest absolute Gasteiger partial charge is 0.234 e. The van der Waals surface area contributed by atoms with Gasteiger partial charge in [-0.05, 0) is 38.5 Å². The summed E-state index contributed by atoms with van der Waals surface area (Å²) in [5, 5.41) is 0.521. The maximum atomic E-state index is 11.8. The minimum absolute atomic E-state index is 0.115. The van der Waals surface area contributed by atoms with Crippen LogP contribution in [0.3, 0.4) is 0 Å². The first-order valence-electron chi connectivity index (χ1n) is 6.16. The van der Waals surface area contributed by atoms with Gasteiger partial charge in [-0.2, -0.15) is 0 Å². The first-order chi connectivity index (χ1) is 8.61. The zero-order chi connectivity index (χ0) is 13.0. The highest BCUT2D eigenvalue weighted by Crippen LogP contribution is 2.30. The predicted octanol–water partition coefficient (Wildman–Crippen LogP) is 2.78. The Morgan fingerprint density at radius 2 is 2.06 bits per heavy atom. The number of halogens is 1. The van der Waals surface area contributed by atoms with Crippen molar-refractivity contribution in [3.05, 3.63) is 10.6 Å². The molecule has 0 bridgehead atoms. The van der Waals surface area contributed by atoms with Crippen molar-refractivity contribution in [1.82, 2.24) is 4.98 Å². The van der Waals surface area contributed by atoms with Gasteiger partial charge in [0.1, 0.15) is 0 Å². The predicted molar refractivity (Wildman–Crippen MR) is 76.1 cm³/mol. The number of nitrogens with zero attached hydrogens (tertiary/aromatic N) is 1. The normalized spacial score (nSPS) is 15.4. The Balaban J connectivity index is 1.98. The summed E-state index contributed by atoms with van der Waals surface area (Å²) in [6.07, 6.45) is 5.64. The van der Waals surface area contributed by atoms with E-state index in [2.05, 4.69) is 9.71 Å². The van der Waals surface area contributed by atoms with Crippen molar-refractivity contribution < 1.29 is 8.42 Å². The summed E-state index contributed by atoms with van der Waals surface area (Å²) in [5.41, 5.74) is 1.07. The van der Waals surface area contributed by atoms with Gasteiger partial charge >= 0.3 is 0 Å². The van der Waals surface area contributed by atoms with Crippen LogP contribution in [0.2, 0.25) is 0 Å². The lowest BCUT2D eigenvalue weighted by Gasteiger charge is -2.06. The van der Waals surface area contributed by atoms with Crippen molar-refractivity contribution in [2.45, 2.75) is 38.5 Å². The second kappa shape index (κ2) is 6.21. The van der Waals surface area contributed by atoms with Crippen molar-refractivity contribution in [3.8, 4) is 0 Å². The molecule has 0 spiro atoms. The summed E-state index contributed by atoms with van der Waals surface area (Å²) in [4.78, 5) is 5.60. The highest BCUT2D eigenvalue weighted by molar-refractivity contribution is 7.92. The number of aromatic nitrogens is 1. The van der Waals surface area contributed by atoms with E-state index in [0.717, 1.165) is 31.4 Å². The van der Waals surface area contributed by atoms with Crippen LogP contribution in [0.1, 0.15) is 36.3 Å². The number of nitrogens with one attached hydrogen (secondary N) is 1. The van der Waals surface area contributed by atoms with Gasteiger partial charge in [-0.3, -0.25) is 4.72 Å². The molecule has 0 radical (unpaired) electrons. The molecule has 1 N–H and O–H groups in total. The number of hydrogen-bond donors (Lipinski definition) is 1. The largest absolute Gasteiger partial charge is 0.259 e. The van der Waals surface area contributed by atoms with E-state index in [1.165, 1.54) is 22.6 Å². The molecule has 102 valence electrons. The van der Waals surface area contributed by atoms with Crippen LogP contribution < -0.4 is 4.72 Å². The first-order valence-corrected chi connectivity index (χ1v) is 9.16. The van der Waals surface area contributed by atoms with Gasteiger partial charge < -0.3 is 0 Å². The molecule has 18 heavy (non-hydrogen) atoms. The lowest BCUT2D eigenvalue weighted by Crippen LogP contribution is -2.16. The summed E-state index contributed by atoms with van der Waals surface area (Å²) < 4.78 is 26.2. The molecule has 0 unspecified atom stereocenters. The Morgan fingerprint density at radius 1 is 1.28 bits per heavy atom. The third kappa shape index (κ3) is 3.83. The van der Waals surface area contributed by atoms with Gasteiger partial charge in [-0.25, -0.2) is 13.4 Å². The van der Waals surface area contributed by atoms with E-state index in [1.807, 2.05) is 0 Å². The van der Waals surface area contributed by atoms with E-state index in [9.17, 15) is 8.42 Å². The molecule has 1 aromatic heterocycles. The Kier molecular flexibility index (Phi) is 4.86. The average Bonchev–Trinajstić information content (AvgIpc) is 2.70.